The van der Waals surface area contributed by atoms with Crippen LogP contribution in [0.3, 0.4) is 0 Å². The molecule has 1 heterocycles. The molecule has 21 heavy (non-hydrogen) atoms. The third-order valence-electron chi connectivity index (χ3n) is 2.98. The number of rotatable bonds is 2. The van der Waals surface area contributed by atoms with Crippen LogP contribution in [0.25, 0.3) is 11.0 Å². The summed E-state index contributed by atoms with van der Waals surface area (Å²) in [4.78, 5) is 16.0. The fraction of sp³-hybridized carbons (Fsp3) is 0. The smallest absolute Gasteiger partial charge is 0.254 e. The van der Waals surface area contributed by atoms with Crippen LogP contribution in [0.1, 0.15) is 10.4 Å². The summed E-state index contributed by atoms with van der Waals surface area (Å²) in [5.74, 6) is -0.561. The van der Waals surface area contributed by atoms with E-state index in [1.165, 1.54) is 0 Å². The van der Waals surface area contributed by atoms with Crippen LogP contribution in [0.15, 0.2) is 64.0 Å². The molecule has 0 aliphatic heterocycles. The second-order valence-electron chi connectivity index (χ2n) is 4.46. The normalized spacial score (nSPS) is 11.8. The van der Waals surface area contributed by atoms with Gasteiger partial charge < -0.3 is 10.2 Å². The molecule has 0 fully saturated rings. The monoisotopic (exact) mass is 390 g/mol. The van der Waals surface area contributed by atoms with Gasteiger partial charge in [0.25, 0.3) is 5.91 Å². The summed E-state index contributed by atoms with van der Waals surface area (Å²) in [6, 6.07) is 16.7. The van der Waals surface area contributed by atoms with Crippen LogP contribution in [0.2, 0.25) is 0 Å². The largest absolute Gasteiger partial charge is 0.438 e. The minimum absolute atomic E-state index is 0.224. The van der Waals surface area contributed by atoms with Gasteiger partial charge in [-0.15, -0.1) is 0 Å². The maximum Gasteiger partial charge on any atom is 0.254 e. The molecule has 104 valence electrons. The molecule has 0 saturated heterocycles. The highest BCUT2D eigenvalue weighted by molar-refractivity contribution is 14.1. The Balaban J connectivity index is 2.26. The summed E-state index contributed by atoms with van der Waals surface area (Å²) in [5.41, 5.74) is 7.28. The minimum Gasteiger partial charge on any atom is -0.438 e. The molecule has 0 aliphatic rings. The van der Waals surface area contributed by atoms with Crippen molar-refractivity contribution in [1.82, 2.24) is 0 Å². The molecular formula is C16H11IN2O2. The van der Waals surface area contributed by atoms with Crippen LogP contribution in [0.5, 0.6) is 0 Å². The number of amides is 1. The topological polar surface area (TPSA) is 68.6 Å². The van der Waals surface area contributed by atoms with E-state index in [0.29, 0.717) is 11.3 Å². The van der Waals surface area contributed by atoms with Gasteiger partial charge >= 0.3 is 0 Å². The lowest BCUT2D eigenvalue weighted by molar-refractivity contribution is 0.0996. The number of halogens is 1. The number of hydrogen-bond acceptors (Lipinski definition) is 3. The molecule has 0 radical (unpaired) electrons. The predicted molar refractivity (Wildman–Crippen MR) is 89.1 cm³/mol. The van der Waals surface area contributed by atoms with Gasteiger partial charge in [0, 0.05) is 8.96 Å². The lowest BCUT2D eigenvalue weighted by Gasteiger charge is -2.01. The summed E-state index contributed by atoms with van der Waals surface area (Å²) in [6.45, 7) is 0. The number of fused-ring (bicyclic) bond motifs is 1. The van der Waals surface area contributed by atoms with Gasteiger partial charge in [-0.3, -0.25) is 4.79 Å². The third-order valence-corrected chi connectivity index (χ3v) is 3.70. The van der Waals surface area contributed by atoms with Gasteiger partial charge in [0.15, 0.2) is 0 Å². The van der Waals surface area contributed by atoms with Crippen LogP contribution >= 0.6 is 22.6 Å². The van der Waals surface area contributed by atoms with Gasteiger partial charge in [-0.2, -0.15) is 0 Å². The van der Waals surface area contributed by atoms with Gasteiger partial charge in [-0.1, -0.05) is 18.2 Å². The third kappa shape index (κ3) is 2.97. The molecule has 2 N–H and O–H groups in total. The van der Waals surface area contributed by atoms with Crippen molar-refractivity contribution in [3.05, 3.63) is 69.3 Å². The van der Waals surface area contributed by atoms with Gasteiger partial charge in [0.1, 0.15) is 11.1 Å². The molecule has 1 amide bonds. The SMILES string of the molecule is NC(=O)c1cc2ccccc2oc1=Nc1ccc(I)cc1. The second-order valence-corrected chi connectivity index (χ2v) is 5.70. The number of benzene rings is 2. The number of para-hydroxylation sites is 1. The van der Waals surface area contributed by atoms with Crippen molar-refractivity contribution in [3.8, 4) is 0 Å². The van der Waals surface area contributed by atoms with E-state index in [4.69, 9.17) is 10.2 Å². The van der Waals surface area contributed by atoms with Crippen molar-refractivity contribution in [2.75, 3.05) is 0 Å². The Morgan fingerprint density at radius 3 is 2.52 bits per heavy atom. The van der Waals surface area contributed by atoms with Crippen LogP contribution in [0, 0.1) is 3.57 Å². The summed E-state index contributed by atoms with van der Waals surface area (Å²) in [7, 11) is 0. The van der Waals surface area contributed by atoms with E-state index in [0.717, 1.165) is 8.96 Å². The highest BCUT2D eigenvalue weighted by atomic mass is 127. The molecule has 1 aromatic heterocycles. The first-order chi connectivity index (χ1) is 10.1. The second kappa shape index (κ2) is 5.69. The van der Waals surface area contributed by atoms with Crippen molar-refractivity contribution < 1.29 is 9.21 Å². The average Bonchev–Trinajstić information content (AvgIpc) is 2.48. The van der Waals surface area contributed by atoms with Gasteiger partial charge in [-0.25, -0.2) is 4.99 Å². The maximum atomic E-state index is 11.6. The van der Waals surface area contributed by atoms with E-state index in [1.54, 1.807) is 6.07 Å². The van der Waals surface area contributed by atoms with E-state index in [-0.39, 0.29) is 11.1 Å². The van der Waals surface area contributed by atoms with E-state index in [1.807, 2.05) is 48.5 Å². The van der Waals surface area contributed by atoms with Gasteiger partial charge in [0.2, 0.25) is 5.55 Å². The quantitative estimate of drug-likeness (QED) is 0.682. The van der Waals surface area contributed by atoms with E-state index in [2.05, 4.69) is 27.6 Å². The molecule has 5 heteroatoms. The van der Waals surface area contributed by atoms with Crippen molar-refractivity contribution in [1.29, 1.82) is 0 Å². The van der Waals surface area contributed by atoms with Crippen LogP contribution in [-0.4, -0.2) is 5.91 Å². The van der Waals surface area contributed by atoms with Crippen molar-refractivity contribution in [3.63, 3.8) is 0 Å². The molecule has 0 atom stereocenters. The molecule has 0 aliphatic carbocycles. The summed E-state index contributed by atoms with van der Waals surface area (Å²) in [6.07, 6.45) is 0. The number of nitrogens with zero attached hydrogens (tertiary/aromatic N) is 1. The number of carbonyl (C=O) groups excluding carboxylic acids is 1. The molecule has 3 aromatic rings. The Morgan fingerprint density at radius 2 is 1.81 bits per heavy atom. The Kier molecular flexibility index (Phi) is 3.74. The molecule has 2 aromatic carbocycles. The Bertz CT molecular complexity index is 883. The Hall–Kier alpha value is -2.15. The zero-order valence-corrected chi connectivity index (χ0v) is 13.1. The highest BCUT2D eigenvalue weighted by Crippen LogP contribution is 2.16. The molecule has 0 bridgehead atoms. The summed E-state index contributed by atoms with van der Waals surface area (Å²) < 4.78 is 6.83. The number of primary amides is 1. The van der Waals surface area contributed by atoms with E-state index < -0.39 is 5.91 Å². The minimum atomic E-state index is -0.561. The molecule has 4 nitrogen and oxygen atoms in total. The molecule has 0 saturated carbocycles. The first kappa shape index (κ1) is 13.8. The standard InChI is InChI=1S/C16H11IN2O2/c17-11-5-7-12(8-6-11)19-16-13(15(18)20)9-10-3-1-2-4-14(10)21-16/h1-9H,(H2,18,20). The zero-order valence-electron chi connectivity index (χ0n) is 10.9. The highest BCUT2D eigenvalue weighted by Gasteiger charge is 2.08. The van der Waals surface area contributed by atoms with Crippen molar-refractivity contribution in [2.45, 2.75) is 0 Å². The number of carbonyl (C=O) groups is 1. The van der Waals surface area contributed by atoms with Gasteiger partial charge in [-0.05, 0) is 59.0 Å². The lowest BCUT2D eigenvalue weighted by atomic mass is 10.2. The van der Waals surface area contributed by atoms with Crippen LogP contribution < -0.4 is 11.3 Å². The average molecular weight is 390 g/mol. The van der Waals surface area contributed by atoms with E-state index in [9.17, 15) is 4.79 Å². The fourth-order valence-corrected chi connectivity index (χ4v) is 2.32. The number of hydrogen-bond donors (Lipinski definition) is 1. The summed E-state index contributed by atoms with van der Waals surface area (Å²) >= 11 is 2.22. The fourth-order valence-electron chi connectivity index (χ4n) is 1.96. The number of nitrogens with two attached hydrogens (primary N) is 1. The van der Waals surface area contributed by atoms with Crippen LogP contribution in [-0.2, 0) is 0 Å². The predicted octanol–water partition coefficient (Wildman–Crippen LogP) is 3.37. The summed E-state index contributed by atoms with van der Waals surface area (Å²) in [5, 5.41) is 0.813. The zero-order chi connectivity index (χ0) is 14.8. The van der Waals surface area contributed by atoms with Crippen LogP contribution in [0.4, 0.5) is 5.69 Å². The Morgan fingerprint density at radius 1 is 1.10 bits per heavy atom. The molecular weight excluding hydrogens is 379 g/mol. The molecule has 0 spiro atoms. The lowest BCUT2D eigenvalue weighted by Crippen LogP contribution is -2.21. The first-order valence-electron chi connectivity index (χ1n) is 6.26. The Labute approximate surface area is 134 Å². The first-order valence-corrected chi connectivity index (χ1v) is 7.34. The molecule has 3 rings (SSSR count). The van der Waals surface area contributed by atoms with Crippen molar-refractivity contribution in [2.24, 2.45) is 10.7 Å². The maximum absolute atomic E-state index is 11.6. The van der Waals surface area contributed by atoms with Crippen molar-refractivity contribution >= 4 is 45.2 Å². The van der Waals surface area contributed by atoms with E-state index >= 15 is 0 Å². The van der Waals surface area contributed by atoms with Gasteiger partial charge in [0.05, 0.1) is 5.69 Å². The molecule has 0 unspecified atom stereocenters.